The van der Waals surface area contributed by atoms with E-state index >= 15 is 0 Å². The maximum Gasteiger partial charge on any atom is 0.148 e. The van der Waals surface area contributed by atoms with Gasteiger partial charge in [0.2, 0.25) is 0 Å². The Bertz CT molecular complexity index is 484. The van der Waals surface area contributed by atoms with Gasteiger partial charge in [-0.3, -0.25) is 9.36 Å². The van der Waals surface area contributed by atoms with Crippen LogP contribution < -0.4 is 5.32 Å². The van der Waals surface area contributed by atoms with Crippen LogP contribution in [0.3, 0.4) is 0 Å². The maximum atomic E-state index is 4.38. The molecule has 2 rings (SSSR count). The van der Waals surface area contributed by atoms with E-state index in [4.69, 9.17) is 0 Å². The van der Waals surface area contributed by atoms with Gasteiger partial charge in [0.15, 0.2) is 0 Å². The smallest absolute Gasteiger partial charge is 0.148 e. The second-order valence-corrected chi connectivity index (χ2v) is 3.99. The highest BCUT2D eigenvalue weighted by Gasteiger charge is 2.08. The van der Waals surface area contributed by atoms with Crippen molar-refractivity contribution in [2.24, 2.45) is 7.05 Å². The first-order chi connectivity index (χ1) is 8.22. The standard InChI is InChI=1S/C11H18N6/c1-4-12-5-10-6-14-17(9(10)2)7-11-13-8-15-16(11)3/h6,8,12H,4-5,7H2,1-3H3. The average Bonchev–Trinajstić information content (AvgIpc) is 2.86. The molecule has 0 fully saturated rings. The van der Waals surface area contributed by atoms with E-state index in [-0.39, 0.29) is 0 Å². The Morgan fingerprint density at radius 2 is 2.18 bits per heavy atom. The number of hydrogen-bond acceptors (Lipinski definition) is 4. The van der Waals surface area contributed by atoms with Crippen LogP contribution in [-0.2, 0) is 20.1 Å². The summed E-state index contributed by atoms with van der Waals surface area (Å²) in [6, 6.07) is 0. The van der Waals surface area contributed by atoms with Crippen LogP contribution in [0.1, 0.15) is 24.0 Å². The quantitative estimate of drug-likeness (QED) is 0.817. The van der Waals surface area contributed by atoms with Gasteiger partial charge in [0, 0.05) is 24.8 Å². The van der Waals surface area contributed by atoms with Crippen LogP contribution >= 0.6 is 0 Å². The molecular weight excluding hydrogens is 216 g/mol. The monoisotopic (exact) mass is 234 g/mol. The van der Waals surface area contributed by atoms with Crippen molar-refractivity contribution >= 4 is 0 Å². The minimum atomic E-state index is 0.661. The molecule has 6 heteroatoms. The minimum absolute atomic E-state index is 0.661. The van der Waals surface area contributed by atoms with Crippen LogP contribution in [0.15, 0.2) is 12.5 Å². The van der Waals surface area contributed by atoms with Crippen molar-refractivity contribution in [3.63, 3.8) is 0 Å². The summed E-state index contributed by atoms with van der Waals surface area (Å²) in [4.78, 5) is 4.20. The molecule has 0 atom stereocenters. The van der Waals surface area contributed by atoms with E-state index in [0.717, 1.165) is 18.9 Å². The van der Waals surface area contributed by atoms with Gasteiger partial charge < -0.3 is 5.32 Å². The van der Waals surface area contributed by atoms with Gasteiger partial charge in [-0.1, -0.05) is 6.92 Å². The van der Waals surface area contributed by atoms with Crippen molar-refractivity contribution in [3.8, 4) is 0 Å². The van der Waals surface area contributed by atoms with Crippen molar-refractivity contribution < 1.29 is 0 Å². The van der Waals surface area contributed by atoms with Crippen molar-refractivity contribution in [3.05, 3.63) is 29.6 Å². The average molecular weight is 234 g/mol. The third-order valence-corrected chi connectivity index (χ3v) is 2.87. The largest absolute Gasteiger partial charge is 0.313 e. The van der Waals surface area contributed by atoms with Crippen LogP contribution in [0.25, 0.3) is 0 Å². The van der Waals surface area contributed by atoms with Crippen molar-refractivity contribution in [2.45, 2.75) is 26.9 Å². The van der Waals surface area contributed by atoms with E-state index in [1.165, 1.54) is 11.3 Å². The van der Waals surface area contributed by atoms with Crippen LogP contribution in [0.4, 0.5) is 0 Å². The molecule has 0 unspecified atom stereocenters. The molecule has 0 radical (unpaired) electrons. The molecule has 0 saturated heterocycles. The predicted molar refractivity (Wildman–Crippen MR) is 64.4 cm³/mol. The zero-order valence-electron chi connectivity index (χ0n) is 10.5. The minimum Gasteiger partial charge on any atom is -0.313 e. The summed E-state index contributed by atoms with van der Waals surface area (Å²) in [5.41, 5.74) is 2.41. The number of aryl methyl sites for hydroxylation is 1. The summed E-state index contributed by atoms with van der Waals surface area (Å²) in [7, 11) is 1.89. The number of hydrogen-bond donors (Lipinski definition) is 1. The molecule has 0 aromatic carbocycles. The second kappa shape index (κ2) is 5.09. The normalized spacial score (nSPS) is 11.0. The van der Waals surface area contributed by atoms with E-state index in [1.54, 1.807) is 11.0 Å². The van der Waals surface area contributed by atoms with Gasteiger partial charge in [0.05, 0.1) is 6.20 Å². The molecule has 0 bridgehead atoms. The summed E-state index contributed by atoms with van der Waals surface area (Å²) in [6.07, 6.45) is 3.47. The number of nitrogens with one attached hydrogen (secondary N) is 1. The van der Waals surface area contributed by atoms with Gasteiger partial charge in [-0.25, -0.2) is 4.98 Å². The molecule has 2 heterocycles. The molecule has 17 heavy (non-hydrogen) atoms. The SMILES string of the molecule is CCNCc1cnn(Cc2ncnn2C)c1C. The molecule has 0 aliphatic heterocycles. The van der Waals surface area contributed by atoms with Gasteiger partial charge in [0.25, 0.3) is 0 Å². The van der Waals surface area contributed by atoms with Crippen LogP contribution in [0, 0.1) is 6.92 Å². The predicted octanol–water partition coefficient (Wildman–Crippen LogP) is 0.478. The lowest BCUT2D eigenvalue weighted by Gasteiger charge is -2.05. The Morgan fingerprint density at radius 3 is 2.82 bits per heavy atom. The first-order valence-electron chi connectivity index (χ1n) is 5.77. The summed E-state index contributed by atoms with van der Waals surface area (Å²) in [6.45, 7) is 6.67. The molecule has 0 aliphatic carbocycles. The lowest BCUT2D eigenvalue weighted by molar-refractivity contribution is 0.594. The van der Waals surface area contributed by atoms with Gasteiger partial charge >= 0.3 is 0 Å². The van der Waals surface area contributed by atoms with Gasteiger partial charge in [-0.05, 0) is 13.5 Å². The van der Waals surface area contributed by atoms with E-state index in [2.05, 4.69) is 34.3 Å². The van der Waals surface area contributed by atoms with Crippen molar-refractivity contribution in [2.75, 3.05) is 6.54 Å². The lowest BCUT2D eigenvalue weighted by atomic mass is 10.2. The van der Waals surface area contributed by atoms with Crippen LogP contribution in [-0.4, -0.2) is 31.1 Å². The Morgan fingerprint density at radius 1 is 1.35 bits per heavy atom. The zero-order valence-corrected chi connectivity index (χ0v) is 10.5. The molecule has 92 valence electrons. The highest BCUT2D eigenvalue weighted by atomic mass is 15.4. The van der Waals surface area contributed by atoms with E-state index in [0.29, 0.717) is 6.54 Å². The highest BCUT2D eigenvalue weighted by molar-refractivity contribution is 5.16. The van der Waals surface area contributed by atoms with Crippen molar-refractivity contribution in [1.82, 2.24) is 29.9 Å². The first-order valence-corrected chi connectivity index (χ1v) is 5.77. The molecule has 2 aromatic heterocycles. The summed E-state index contributed by atoms with van der Waals surface area (Å²) in [5.74, 6) is 0.909. The molecule has 2 aromatic rings. The van der Waals surface area contributed by atoms with Crippen LogP contribution in [0.5, 0.6) is 0 Å². The molecule has 0 spiro atoms. The number of aromatic nitrogens is 5. The Kier molecular flexibility index (Phi) is 3.53. The summed E-state index contributed by atoms with van der Waals surface area (Å²) in [5, 5.41) is 11.7. The maximum absolute atomic E-state index is 4.38. The Labute approximate surface area is 101 Å². The number of rotatable bonds is 5. The molecule has 1 N–H and O–H groups in total. The Hall–Kier alpha value is -1.69. The topological polar surface area (TPSA) is 60.6 Å². The summed E-state index contributed by atoms with van der Waals surface area (Å²) < 4.78 is 3.72. The van der Waals surface area contributed by atoms with Crippen molar-refractivity contribution in [1.29, 1.82) is 0 Å². The fourth-order valence-electron chi connectivity index (χ4n) is 1.68. The lowest BCUT2D eigenvalue weighted by Crippen LogP contribution is -2.13. The zero-order chi connectivity index (χ0) is 12.3. The summed E-state index contributed by atoms with van der Waals surface area (Å²) >= 11 is 0. The fraction of sp³-hybridized carbons (Fsp3) is 0.545. The van der Waals surface area contributed by atoms with E-state index in [9.17, 15) is 0 Å². The molecule has 0 aliphatic rings. The molecule has 6 nitrogen and oxygen atoms in total. The number of nitrogens with zero attached hydrogens (tertiary/aromatic N) is 5. The third kappa shape index (κ3) is 2.52. The van der Waals surface area contributed by atoms with E-state index < -0.39 is 0 Å². The van der Waals surface area contributed by atoms with Gasteiger partial charge in [0.1, 0.15) is 18.7 Å². The third-order valence-electron chi connectivity index (χ3n) is 2.87. The van der Waals surface area contributed by atoms with Gasteiger partial charge in [-0.2, -0.15) is 10.2 Å². The van der Waals surface area contributed by atoms with Crippen LogP contribution in [0.2, 0.25) is 0 Å². The first kappa shape index (κ1) is 11.8. The van der Waals surface area contributed by atoms with E-state index in [1.807, 2.05) is 17.9 Å². The molecular formula is C11H18N6. The highest BCUT2D eigenvalue weighted by Crippen LogP contribution is 2.08. The van der Waals surface area contributed by atoms with Gasteiger partial charge in [-0.15, -0.1) is 0 Å². The Balaban J connectivity index is 2.12. The fourth-order valence-corrected chi connectivity index (χ4v) is 1.68. The second-order valence-electron chi connectivity index (χ2n) is 3.99. The molecule has 0 amide bonds. The molecule has 0 saturated carbocycles.